The maximum atomic E-state index is 12.1. The van der Waals surface area contributed by atoms with Crippen LogP contribution in [-0.2, 0) is 7.05 Å². The summed E-state index contributed by atoms with van der Waals surface area (Å²) in [6, 6.07) is 1.85. The molecular formula is C13H20BrN3O. The van der Waals surface area contributed by atoms with Gasteiger partial charge in [-0.25, -0.2) is 0 Å². The van der Waals surface area contributed by atoms with E-state index >= 15 is 0 Å². The number of halogens is 1. The second-order valence-corrected chi connectivity index (χ2v) is 6.31. The van der Waals surface area contributed by atoms with Crippen LogP contribution in [0.5, 0.6) is 0 Å². The van der Waals surface area contributed by atoms with Crippen LogP contribution in [0.3, 0.4) is 0 Å². The Bertz CT molecular complexity index is 435. The highest BCUT2D eigenvalue weighted by molar-refractivity contribution is 9.10. The lowest BCUT2D eigenvalue weighted by Crippen LogP contribution is -2.43. The normalized spacial score (nSPS) is 18.6. The highest BCUT2D eigenvalue weighted by Crippen LogP contribution is 2.26. The number of aryl methyl sites for hydroxylation is 1. The van der Waals surface area contributed by atoms with Crippen molar-refractivity contribution >= 4 is 21.8 Å². The van der Waals surface area contributed by atoms with Crippen molar-refractivity contribution in [3.63, 3.8) is 0 Å². The average molecular weight is 314 g/mol. The lowest BCUT2D eigenvalue weighted by molar-refractivity contribution is 0.0914. The molecule has 0 spiro atoms. The SMILES string of the molecule is Cn1cc(Br)cc1C(=O)NCC1(C)CCNCC1. The van der Waals surface area contributed by atoms with E-state index in [4.69, 9.17) is 0 Å². The monoisotopic (exact) mass is 313 g/mol. The summed E-state index contributed by atoms with van der Waals surface area (Å²) in [4.78, 5) is 12.1. The zero-order valence-corrected chi connectivity index (χ0v) is 12.5. The van der Waals surface area contributed by atoms with Crippen molar-refractivity contribution in [3.05, 3.63) is 22.4 Å². The maximum Gasteiger partial charge on any atom is 0.267 e. The molecule has 1 aromatic heterocycles. The van der Waals surface area contributed by atoms with Crippen LogP contribution in [0.2, 0.25) is 0 Å². The summed E-state index contributed by atoms with van der Waals surface area (Å²) >= 11 is 3.38. The molecule has 0 aromatic carbocycles. The molecule has 100 valence electrons. The van der Waals surface area contributed by atoms with Crippen molar-refractivity contribution in [2.75, 3.05) is 19.6 Å². The molecule has 0 saturated carbocycles. The van der Waals surface area contributed by atoms with Crippen LogP contribution in [-0.4, -0.2) is 30.1 Å². The summed E-state index contributed by atoms with van der Waals surface area (Å²) < 4.78 is 2.77. The van der Waals surface area contributed by atoms with Crippen LogP contribution in [0.25, 0.3) is 0 Å². The number of amides is 1. The molecule has 0 radical (unpaired) electrons. The van der Waals surface area contributed by atoms with E-state index < -0.39 is 0 Å². The molecule has 4 nitrogen and oxygen atoms in total. The topological polar surface area (TPSA) is 46.1 Å². The Morgan fingerprint density at radius 1 is 1.56 bits per heavy atom. The van der Waals surface area contributed by atoms with Gasteiger partial charge in [-0.05, 0) is 53.3 Å². The van der Waals surface area contributed by atoms with Gasteiger partial charge in [0.25, 0.3) is 5.91 Å². The Kier molecular flexibility index (Phi) is 4.12. The quantitative estimate of drug-likeness (QED) is 0.895. The van der Waals surface area contributed by atoms with E-state index in [0.29, 0.717) is 5.69 Å². The van der Waals surface area contributed by atoms with E-state index in [9.17, 15) is 4.79 Å². The predicted molar refractivity (Wildman–Crippen MR) is 75.7 cm³/mol. The maximum absolute atomic E-state index is 12.1. The van der Waals surface area contributed by atoms with Crippen LogP contribution >= 0.6 is 15.9 Å². The first-order valence-electron chi connectivity index (χ1n) is 6.31. The molecule has 1 aliphatic heterocycles. The molecule has 2 N–H and O–H groups in total. The van der Waals surface area contributed by atoms with Crippen molar-refractivity contribution < 1.29 is 4.79 Å². The Hall–Kier alpha value is -0.810. The largest absolute Gasteiger partial charge is 0.350 e. The Balaban J connectivity index is 1.94. The number of hydrogen-bond donors (Lipinski definition) is 2. The third-order valence-electron chi connectivity index (χ3n) is 3.69. The van der Waals surface area contributed by atoms with Gasteiger partial charge in [0.2, 0.25) is 0 Å². The van der Waals surface area contributed by atoms with Gasteiger partial charge in [-0.15, -0.1) is 0 Å². The van der Waals surface area contributed by atoms with Gasteiger partial charge < -0.3 is 15.2 Å². The summed E-state index contributed by atoms with van der Waals surface area (Å²) in [5, 5.41) is 6.40. The first-order valence-corrected chi connectivity index (χ1v) is 7.10. The van der Waals surface area contributed by atoms with Crippen LogP contribution in [0.1, 0.15) is 30.3 Å². The molecule has 1 aromatic rings. The van der Waals surface area contributed by atoms with Gasteiger partial charge in [0.05, 0.1) is 0 Å². The lowest BCUT2D eigenvalue weighted by Gasteiger charge is -2.34. The number of aromatic nitrogens is 1. The fraction of sp³-hybridized carbons (Fsp3) is 0.615. The minimum atomic E-state index is 0.00274. The van der Waals surface area contributed by atoms with Crippen molar-refractivity contribution in [1.29, 1.82) is 0 Å². The van der Waals surface area contributed by atoms with Gasteiger partial charge in [-0.1, -0.05) is 6.92 Å². The number of nitrogens with zero attached hydrogens (tertiary/aromatic N) is 1. The van der Waals surface area contributed by atoms with Crippen LogP contribution in [0.4, 0.5) is 0 Å². The predicted octanol–water partition coefficient (Wildman–Crippen LogP) is 1.91. The molecule has 1 amide bonds. The number of carbonyl (C=O) groups is 1. The van der Waals surface area contributed by atoms with Crippen molar-refractivity contribution in [2.45, 2.75) is 19.8 Å². The molecule has 1 fully saturated rings. The van der Waals surface area contributed by atoms with Gasteiger partial charge in [0.1, 0.15) is 5.69 Å². The number of carbonyl (C=O) groups excluding carboxylic acids is 1. The smallest absolute Gasteiger partial charge is 0.267 e. The second-order valence-electron chi connectivity index (χ2n) is 5.40. The van der Waals surface area contributed by atoms with E-state index in [1.807, 2.05) is 23.9 Å². The fourth-order valence-electron chi connectivity index (χ4n) is 2.34. The summed E-state index contributed by atoms with van der Waals surface area (Å²) in [6.07, 6.45) is 4.12. The first kappa shape index (κ1) is 13.6. The van der Waals surface area contributed by atoms with Crippen LogP contribution < -0.4 is 10.6 Å². The Labute approximate surface area is 116 Å². The minimum absolute atomic E-state index is 0.00274. The van der Waals surface area contributed by atoms with E-state index in [1.165, 1.54) is 0 Å². The number of piperidine rings is 1. The fourth-order valence-corrected chi connectivity index (χ4v) is 2.87. The van der Waals surface area contributed by atoms with Gasteiger partial charge >= 0.3 is 0 Å². The molecule has 18 heavy (non-hydrogen) atoms. The minimum Gasteiger partial charge on any atom is -0.350 e. The highest BCUT2D eigenvalue weighted by Gasteiger charge is 2.27. The molecule has 2 heterocycles. The summed E-state index contributed by atoms with van der Waals surface area (Å²) in [6.45, 7) is 5.08. The van der Waals surface area contributed by atoms with Crippen molar-refractivity contribution in [3.8, 4) is 0 Å². The first-order chi connectivity index (χ1) is 8.50. The standard InChI is InChI=1S/C13H20BrN3O/c1-13(3-5-15-6-4-13)9-16-12(18)11-7-10(14)8-17(11)2/h7-8,15H,3-6,9H2,1-2H3,(H,16,18). The molecule has 0 atom stereocenters. The number of rotatable bonds is 3. The molecule has 2 rings (SSSR count). The van der Waals surface area contributed by atoms with Gasteiger partial charge in [0, 0.05) is 24.3 Å². The average Bonchev–Trinajstić information content (AvgIpc) is 2.67. The summed E-state index contributed by atoms with van der Waals surface area (Å²) in [5.74, 6) is 0.00274. The number of nitrogens with one attached hydrogen (secondary N) is 2. The molecule has 1 aliphatic rings. The molecule has 0 aliphatic carbocycles. The molecule has 0 unspecified atom stereocenters. The van der Waals surface area contributed by atoms with Crippen molar-refractivity contribution in [1.82, 2.24) is 15.2 Å². The third kappa shape index (κ3) is 3.14. The third-order valence-corrected chi connectivity index (χ3v) is 4.12. The number of hydrogen-bond acceptors (Lipinski definition) is 2. The van der Waals surface area contributed by atoms with E-state index in [1.54, 1.807) is 0 Å². The molecule has 5 heteroatoms. The van der Waals surface area contributed by atoms with Gasteiger partial charge in [-0.2, -0.15) is 0 Å². The van der Waals surface area contributed by atoms with E-state index in [-0.39, 0.29) is 11.3 Å². The zero-order valence-electron chi connectivity index (χ0n) is 10.9. The highest BCUT2D eigenvalue weighted by atomic mass is 79.9. The van der Waals surface area contributed by atoms with Crippen molar-refractivity contribution in [2.24, 2.45) is 12.5 Å². The zero-order chi connectivity index (χ0) is 13.2. The molecule has 0 bridgehead atoms. The van der Waals surface area contributed by atoms with E-state index in [0.717, 1.165) is 36.9 Å². The van der Waals surface area contributed by atoms with Gasteiger partial charge in [0.15, 0.2) is 0 Å². The lowest BCUT2D eigenvalue weighted by atomic mass is 9.81. The second kappa shape index (κ2) is 5.45. The Morgan fingerprint density at radius 3 is 2.78 bits per heavy atom. The molecular weight excluding hydrogens is 294 g/mol. The summed E-state index contributed by atoms with van der Waals surface area (Å²) in [7, 11) is 1.88. The van der Waals surface area contributed by atoms with E-state index in [2.05, 4.69) is 33.5 Å². The van der Waals surface area contributed by atoms with Crippen LogP contribution in [0, 0.1) is 5.41 Å². The summed E-state index contributed by atoms with van der Waals surface area (Å²) in [5.41, 5.74) is 0.919. The van der Waals surface area contributed by atoms with Crippen LogP contribution in [0.15, 0.2) is 16.7 Å². The Morgan fingerprint density at radius 2 is 2.22 bits per heavy atom. The van der Waals surface area contributed by atoms with Gasteiger partial charge in [-0.3, -0.25) is 4.79 Å². The molecule has 1 saturated heterocycles.